The molecule has 1 aromatic carbocycles. The molecule has 138 valence electrons. The number of nitrogens with zero attached hydrogens (tertiary/aromatic N) is 2. The standard InChI is InChI=1S/C17H18N2O6S/c1-9(16(22)23)25-13-10(6-5-7-12(13)24-4)8-11-14(20)18(2)17(26)19(3)15(11)21/h5-9H,1-4H3,(H,22,23)/t9-/m1/s1. The molecule has 1 aliphatic rings. The summed E-state index contributed by atoms with van der Waals surface area (Å²) in [6, 6.07) is 4.82. The van der Waals surface area contributed by atoms with Crippen LogP contribution in [0.5, 0.6) is 11.5 Å². The first-order valence-corrected chi connectivity index (χ1v) is 7.98. The van der Waals surface area contributed by atoms with Crippen LogP contribution in [0.4, 0.5) is 0 Å². The Morgan fingerprint density at radius 1 is 1.23 bits per heavy atom. The summed E-state index contributed by atoms with van der Waals surface area (Å²) in [4.78, 5) is 38.4. The van der Waals surface area contributed by atoms with E-state index in [-0.39, 0.29) is 22.2 Å². The second-order valence-corrected chi connectivity index (χ2v) is 5.91. The van der Waals surface area contributed by atoms with E-state index >= 15 is 0 Å². The Bertz CT molecular complexity index is 793. The third kappa shape index (κ3) is 3.52. The number of amides is 2. The normalized spacial score (nSPS) is 15.8. The molecule has 0 aromatic heterocycles. The van der Waals surface area contributed by atoms with E-state index in [1.165, 1.54) is 44.0 Å². The van der Waals surface area contributed by atoms with Gasteiger partial charge in [0.25, 0.3) is 11.8 Å². The molecular formula is C17H18N2O6S. The van der Waals surface area contributed by atoms with Crippen molar-refractivity contribution in [2.75, 3.05) is 21.2 Å². The molecule has 1 fully saturated rings. The summed E-state index contributed by atoms with van der Waals surface area (Å²) in [7, 11) is 4.34. The summed E-state index contributed by atoms with van der Waals surface area (Å²) in [6.45, 7) is 1.36. The zero-order valence-corrected chi connectivity index (χ0v) is 15.5. The van der Waals surface area contributed by atoms with Gasteiger partial charge < -0.3 is 14.6 Å². The van der Waals surface area contributed by atoms with E-state index < -0.39 is 23.9 Å². The predicted octanol–water partition coefficient (Wildman–Crippen LogP) is 1.15. The average molecular weight is 378 g/mol. The number of ether oxygens (including phenoxy) is 2. The lowest BCUT2D eigenvalue weighted by molar-refractivity contribution is -0.144. The Morgan fingerprint density at radius 2 is 1.81 bits per heavy atom. The molecule has 1 N–H and O–H groups in total. The van der Waals surface area contributed by atoms with Crippen molar-refractivity contribution >= 4 is 41.2 Å². The van der Waals surface area contributed by atoms with E-state index in [9.17, 15) is 14.4 Å². The second-order valence-electron chi connectivity index (χ2n) is 5.55. The number of carboxylic acids is 1. The summed E-state index contributed by atoms with van der Waals surface area (Å²) in [5.74, 6) is -1.88. The molecule has 26 heavy (non-hydrogen) atoms. The van der Waals surface area contributed by atoms with Crippen molar-refractivity contribution in [3.8, 4) is 11.5 Å². The third-order valence-electron chi connectivity index (χ3n) is 3.82. The number of carbonyl (C=O) groups is 3. The number of hydrogen-bond acceptors (Lipinski definition) is 6. The molecule has 0 aliphatic carbocycles. The summed E-state index contributed by atoms with van der Waals surface area (Å²) >= 11 is 5.05. The Labute approximate surface area is 155 Å². The second kappa shape index (κ2) is 7.52. The largest absolute Gasteiger partial charge is 0.493 e. The van der Waals surface area contributed by atoms with Gasteiger partial charge >= 0.3 is 5.97 Å². The van der Waals surface area contributed by atoms with Crippen LogP contribution in [0.25, 0.3) is 6.08 Å². The van der Waals surface area contributed by atoms with Crippen molar-refractivity contribution < 1.29 is 29.0 Å². The smallest absolute Gasteiger partial charge is 0.344 e. The van der Waals surface area contributed by atoms with Gasteiger partial charge in [-0.1, -0.05) is 12.1 Å². The topological polar surface area (TPSA) is 96.4 Å². The minimum Gasteiger partial charge on any atom is -0.493 e. The quantitative estimate of drug-likeness (QED) is 0.466. The molecule has 0 spiro atoms. The van der Waals surface area contributed by atoms with Gasteiger partial charge in [-0.3, -0.25) is 19.4 Å². The van der Waals surface area contributed by atoms with Crippen molar-refractivity contribution in [2.45, 2.75) is 13.0 Å². The summed E-state index contributed by atoms with van der Waals surface area (Å²) < 4.78 is 10.7. The van der Waals surface area contributed by atoms with Crippen molar-refractivity contribution in [1.82, 2.24) is 9.80 Å². The number of rotatable bonds is 5. The zero-order chi connectivity index (χ0) is 19.6. The number of hydrogen-bond donors (Lipinski definition) is 1. The molecule has 8 nitrogen and oxygen atoms in total. The molecule has 9 heteroatoms. The molecule has 2 amide bonds. The first-order chi connectivity index (χ1) is 12.2. The molecule has 0 saturated carbocycles. The van der Waals surface area contributed by atoms with Crippen LogP contribution < -0.4 is 9.47 Å². The van der Waals surface area contributed by atoms with E-state index in [1.807, 2.05) is 0 Å². The highest BCUT2D eigenvalue weighted by molar-refractivity contribution is 7.80. The molecule has 1 heterocycles. The van der Waals surface area contributed by atoms with Crippen LogP contribution in [-0.4, -0.2) is 65.1 Å². The minimum absolute atomic E-state index is 0.0961. The summed E-state index contributed by atoms with van der Waals surface area (Å²) in [5.41, 5.74) is 0.216. The van der Waals surface area contributed by atoms with Crippen LogP contribution in [0.15, 0.2) is 23.8 Å². The van der Waals surface area contributed by atoms with Crippen LogP contribution in [0.1, 0.15) is 12.5 Å². The van der Waals surface area contributed by atoms with E-state index in [0.29, 0.717) is 5.56 Å². The lowest BCUT2D eigenvalue weighted by atomic mass is 10.1. The Kier molecular flexibility index (Phi) is 5.61. The van der Waals surface area contributed by atoms with Crippen molar-refractivity contribution in [2.24, 2.45) is 0 Å². The third-order valence-corrected chi connectivity index (χ3v) is 4.36. The molecule has 1 atom stereocenters. The number of likely N-dealkylation sites (N-methyl/N-ethyl adjacent to an activating group) is 2. The number of benzene rings is 1. The Hall–Kier alpha value is -2.94. The number of thiocarbonyl (C=S) groups is 1. The number of carboxylic acid groups (broad SMARTS) is 1. The van der Waals surface area contributed by atoms with Gasteiger partial charge in [0, 0.05) is 19.7 Å². The van der Waals surface area contributed by atoms with Crippen molar-refractivity contribution in [3.63, 3.8) is 0 Å². The maximum absolute atomic E-state index is 12.4. The fourth-order valence-electron chi connectivity index (χ4n) is 2.29. The van der Waals surface area contributed by atoms with Crippen molar-refractivity contribution in [1.29, 1.82) is 0 Å². The van der Waals surface area contributed by atoms with E-state index in [0.717, 1.165) is 0 Å². The first-order valence-electron chi connectivity index (χ1n) is 7.57. The fraction of sp³-hybridized carbons (Fsp3) is 0.294. The fourth-order valence-corrected chi connectivity index (χ4v) is 2.46. The van der Waals surface area contributed by atoms with Gasteiger partial charge in [0.1, 0.15) is 5.57 Å². The number of para-hydroxylation sites is 1. The van der Waals surface area contributed by atoms with Crippen LogP contribution in [-0.2, 0) is 14.4 Å². The van der Waals surface area contributed by atoms with Crippen molar-refractivity contribution in [3.05, 3.63) is 29.3 Å². The number of carbonyl (C=O) groups excluding carboxylic acids is 2. The van der Waals surface area contributed by atoms with Gasteiger partial charge in [0.05, 0.1) is 7.11 Å². The van der Waals surface area contributed by atoms with Crippen LogP contribution in [0.3, 0.4) is 0 Å². The van der Waals surface area contributed by atoms with Gasteiger partial charge in [0.15, 0.2) is 22.7 Å². The first kappa shape index (κ1) is 19.4. The number of aliphatic carboxylic acids is 1. The van der Waals surface area contributed by atoms with Gasteiger partial charge in [-0.25, -0.2) is 4.79 Å². The van der Waals surface area contributed by atoms with E-state index in [2.05, 4.69) is 0 Å². The highest BCUT2D eigenvalue weighted by atomic mass is 32.1. The summed E-state index contributed by atoms with van der Waals surface area (Å²) in [6.07, 6.45) is 0.186. The zero-order valence-electron chi connectivity index (χ0n) is 14.7. The van der Waals surface area contributed by atoms with Gasteiger partial charge in [0.2, 0.25) is 0 Å². The highest BCUT2D eigenvalue weighted by Crippen LogP contribution is 2.34. The Morgan fingerprint density at radius 3 is 2.31 bits per heavy atom. The lowest BCUT2D eigenvalue weighted by Gasteiger charge is -2.31. The van der Waals surface area contributed by atoms with Crippen LogP contribution in [0.2, 0.25) is 0 Å². The molecule has 0 radical (unpaired) electrons. The van der Waals surface area contributed by atoms with E-state index in [1.54, 1.807) is 18.2 Å². The maximum atomic E-state index is 12.4. The molecule has 1 aromatic rings. The Balaban J connectivity index is 2.55. The SMILES string of the molecule is COc1cccc(C=C2C(=O)N(C)C(=S)N(C)C2=O)c1O[C@H](C)C(=O)O. The van der Waals surface area contributed by atoms with Gasteiger partial charge in [-0.2, -0.15) is 0 Å². The molecule has 0 bridgehead atoms. The van der Waals surface area contributed by atoms with E-state index in [4.69, 9.17) is 26.8 Å². The number of methoxy groups -OCH3 is 1. The molecule has 0 unspecified atom stereocenters. The average Bonchev–Trinajstić information content (AvgIpc) is 2.62. The minimum atomic E-state index is -1.16. The lowest BCUT2D eigenvalue weighted by Crippen LogP contribution is -2.52. The van der Waals surface area contributed by atoms with Gasteiger partial charge in [-0.05, 0) is 31.3 Å². The molecule has 2 rings (SSSR count). The maximum Gasteiger partial charge on any atom is 0.344 e. The predicted molar refractivity (Wildman–Crippen MR) is 96.8 cm³/mol. The monoisotopic (exact) mass is 378 g/mol. The molecule has 1 saturated heterocycles. The van der Waals surface area contributed by atoms with Crippen LogP contribution >= 0.6 is 12.2 Å². The summed E-state index contributed by atoms with van der Waals surface area (Å²) in [5, 5.41) is 9.18. The van der Waals surface area contributed by atoms with Gasteiger partial charge in [-0.15, -0.1) is 0 Å². The molecule has 1 aliphatic heterocycles. The highest BCUT2D eigenvalue weighted by Gasteiger charge is 2.35. The van der Waals surface area contributed by atoms with Crippen LogP contribution in [0, 0.1) is 0 Å². The molecular weight excluding hydrogens is 360 g/mol.